The lowest BCUT2D eigenvalue weighted by Crippen LogP contribution is -2.11. The van der Waals surface area contributed by atoms with Crippen LogP contribution in [0.2, 0.25) is 0 Å². The smallest absolute Gasteiger partial charge is 0.229 e. The number of anilines is 2. The normalized spacial score (nSPS) is 18.9. The number of oxime groups is 2. The largest absolute Gasteiger partial charge is 0.399 e. The average molecular weight is 370 g/mol. The minimum Gasteiger partial charge on any atom is -0.399 e. The summed E-state index contributed by atoms with van der Waals surface area (Å²) in [6.45, 7) is 0. The van der Waals surface area contributed by atoms with Crippen LogP contribution in [0, 0.1) is 5.82 Å². The minimum atomic E-state index is -0.569. The Morgan fingerprint density at radius 3 is 2.15 bits per heavy atom. The predicted molar refractivity (Wildman–Crippen MR) is 102 cm³/mol. The summed E-state index contributed by atoms with van der Waals surface area (Å²) in [6, 6.07) is 0. The second-order valence-corrected chi connectivity index (χ2v) is 5.58. The molecule has 1 aromatic heterocycles. The predicted octanol–water partition coefficient (Wildman–Crippen LogP) is 3.13. The number of aromatic nitrogens is 2. The van der Waals surface area contributed by atoms with E-state index in [1.807, 2.05) is 30.4 Å². The molecule has 3 rings (SSSR count). The summed E-state index contributed by atoms with van der Waals surface area (Å²) in [4.78, 5) is 17.7. The van der Waals surface area contributed by atoms with Crippen molar-refractivity contribution >= 4 is 23.2 Å². The molecule has 0 unspecified atom stereocenters. The van der Waals surface area contributed by atoms with Crippen LogP contribution in [0.4, 0.5) is 16.2 Å². The Bertz CT molecular complexity index is 886. The van der Waals surface area contributed by atoms with Crippen molar-refractivity contribution in [1.82, 2.24) is 9.97 Å². The van der Waals surface area contributed by atoms with Gasteiger partial charge in [-0.15, -0.1) is 0 Å². The van der Waals surface area contributed by atoms with Crippen molar-refractivity contribution in [2.45, 2.75) is 12.8 Å². The molecule has 1 aromatic rings. The molecule has 2 aliphatic carbocycles. The zero-order chi connectivity index (χ0) is 19.1. The van der Waals surface area contributed by atoms with E-state index >= 15 is 0 Å². The van der Waals surface area contributed by atoms with Crippen molar-refractivity contribution in [3.8, 4) is 0 Å². The monoisotopic (exact) mass is 370 g/mol. The van der Waals surface area contributed by atoms with Gasteiger partial charge in [0, 0.05) is 24.2 Å². The molecular weight excluding hydrogens is 351 g/mol. The van der Waals surface area contributed by atoms with Gasteiger partial charge in [-0.25, -0.2) is 9.37 Å². The lowest BCUT2D eigenvalue weighted by molar-refractivity contribution is 0.213. The van der Waals surface area contributed by atoms with Crippen molar-refractivity contribution in [2.24, 2.45) is 10.3 Å². The third kappa shape index (κ3) is 5.00. The van der Waals surface area contributed by atoms with Gasteiger partial charge in [0.05, 0.1) is 17.6 Å². The van der Waals surface area contributed by atoms with Gasteiger partial charge in [-0.3, -0.25) is 0 Å². The summed E-state index contributed by atoms with van der Waals surface area (Å²) in [5.74, 6) is -0.270. The van der Waals surface area contributed by atoms with E-state index in [-0.39, 0.29) is 11.8 Å². The Kier molecular flexibility index (Phi) is 5.93. The summed E-state index contributed by atoms with van der Waals surface area (Å²) in [6.07, 6.45) is 13.5. The molecular formula is C18H19FN6O2. The molecule has 8 nitrogen and oxygen atoms in total. The lowest BCUT2D eigenvalue weighted by atomic mass is 10.1. The Morgan fingerprint density at radius 2 is 1.56 bits per heavy atom. The van der Waals surface area contributed by atoms with Crippen LogP contribution in [0.3, 0.4) is 0 Å². The quantitative estimate of drug-likeness (QED) is 0.748. The van der Waals surface area contributed by atoms with Gasteiger partial charge in [0.2, 0.25) is 5.95 Å². The lowest BCUT2D eigenvalue weighted by Gasteiger charge is -2.13. The highest BCUT2D eigenvalue weighted by molar-refractivity contribution is 5.98. The third-order valence-corrected chi connectivity index (χ3v) is 3.57. The summed E-state index contributed by atoms with van der Waals surface area (Å²) in [7, 11) is 2.97. The van der Waals surface area contributed by atoms with Crippen LogP contribution < -0.4 is 10.6 Å². The number of allylic oxidation sites excluding steroid dienone is 6. The third-order valence-electron chi connectivity index (χ3n) is 3.57. The highest BCUT2D eigenvalue weighted by Crippen LogP contribution is 2.18. The van der Waals surface area contributed by atoms with Crippen molar-refractivity contribution in [3.05, 3.63) is 59.9 Å². The molecule has 0 radical (unpaired) electrons. The zero-order valence-corrected chi connectivity index (χ0v) is 14.9. The first-order valence-corrected chi connectivity index (χ1v) is 8.21. The van der Waals surface area contributed by atoms with E-state index in [1.165, 1.54) is 14.2 Å². The first kappa shape index (κ1) is 18.3. The van der Waals surface area contributed by atoms with Crippen LogP contribution in [-0.2, 0) is 9.68 Å². The van der Waals surface area contributed by atoms with Gasteiger partial charge < -0.3 is 20.3 Å². The Hall–Kier alpha value is -3.49. The molecule has 0 saturated carbocycles. The maximum atomic E-state index is 14.1. The van der Waals surface area contributed by atoms with E-state index in [1.54, 1.807) is 6.08 Å². The van der Waals surface area contributed by atoms with E-state index in [0.29, 0.717) is 18.5 Å². The van der Waals surface area contributed by atoms with Crippen LogP contribution in [0.25, 0.3) is 0 Å². The Labute approximate surface area is 155 Å². The van der Waals surface area contributed by atoms with Gasteiger partial charge in [-0.1, -0.05) is 22.5 Å². The number of hydrogen-bond acceptors (Lipinski definition) is 8. The van der Waals surface area contributed by atoms with Gasteiger partial charge in [-0.2, -0.15) is 4.98 Å². The highest BCUT2D eigenvalue weighted by Gasteiger charge is 2.12. The Morgan fingerprint density at radius 1 is 0.963 bits per heavy atom. The topological polar surface area (TPSA) is 93.0 Å². The molecule has 0 fully saturated rings. The first-order chi connectivity index (χ1) is 13.2. The van der Waals surface area contributed by atoms with E-state index in [9.17, 15) is 4.39 Å². The van der Waals surface area contributed by atoms with Gasteiger partial charge in [0.1, 0.15) is 14.2 Å². The maximum Gasteiger partial charge on any atom is 0.229 e. The van der Waals surface area contributed by atoms with E-state index in [2.05, 4.69) is 30.9 Å². The van der Waals surface area contributed by atoms with Gasteiger partial charge in [0.25, 0.3) is 0 Å². The molecule has 0 amide bonds. The molecule has 9 heteroatoms. The van der Waals surface area contributed by atoms with E-state index in [4.69, 9.17) is 9.68 Å². The van der Waals surface area contributed by atoms with Crippen molar-refractivity contribution in [2.75, 3.05) is 24.9 Å². The molecule has 0 saturated heterocycles. The molecule has 0 aromatic carbocycles. The van der Waals surface area contributed by atoms with E-state index < -0.39 is 5.82 Å². The molecule has 0 atom stereocenters. The van der Waals surface area contributed by atoms with E-state index in [0.717, 1.165) is 23.3 Å². The van der Waals surface area contributed by atoms with Crippen LogP contribution >= 0.6 is 0 Å². The summed E-state index contributed by atoms with van der Waals surface area (Å²) in [5.41, 5.74) is 2.84. The molecule has 0 aliphatic heterocycles. The number of hydrogen-bond donors (Lipinski definition) is 2. The van der Waals surface area contributed by atoms with Gasteiger partial charge in [-0.05, 0) is 24.3 Å². The molecule has 2 N–H and O–H groups in total. The van der Waals surface area contributed by atoms with Crippen LogP contribution in [0.15, 0.2) is 64.4 Å². The summed E-state index contributed by atoms with van der Waals surface area (Å²) >= 11 is 0. The maximum absolute atomic E-state index is 14.1. The van der Waals surface area contributed by atoms with Crippen molar-refractivity contribution in [1.29, 1.82) is 0 Å². The van der Waals surface area contributed by atoms with Gasteiger partial charge in [0.15, 0.2) is 11.6 Å². The highest BCUT2D eigenvalue weighted by atomic mass is 19.1. The molecule has 1 heterocycles. The fraction of sp³-hybridized carbons (Fsp3) is 0.222. The number of nitrogens with one attached hydrogen (secondary N) is 2. The zero-order valence-electron chi connectivity index (χ0n) is 14.9. The Balaban J connectivity index is 1.77. The minimum absolute atomic E-state index is 0.0493. The fourth-order valence-electron chi connectivity index (χ4n) is 2.48. The molecule has 0 spiro atoms. The second kappa shape index (κ2) is 8.75. The average Bonchev–Trinajstić information content (AvgIpc) is 2.66. The van der Waals surface area contributed by atoms with Gasteiger partial charge >= 0.3 is 0 Å². The number of halogens is 1. The van der Waals surface area contributed by atoms with Crippen LogP contribution in [0.5, 0.6) is 0 Å². The molecule has 2 aliphatic rings. The fourth-order valence-corrected chi connectivity index (χ4v) is 2.48. The molecule has 27 heavy (non-hydrogen) atoms. The molecule has 140 valence electrons. The summed E-state index contributed by atoms with van der Waals surface area (Å²) in [5, 5.41) is 13.8. The summed E-state index contributed by atoms with van der Waals surface area (Å²) < 4.78 is 14.1. The van der Waals surface area contributed by atoms with Crippen molar-refractivity contribution in [3.63, 3.8) is 0 Å². The van der Waals surface area contributed by atoms with Crippen LogP contribution in [0.1, 0.15) is 12.8 Å². The number of nitrogens with zero attached hydrogens (tertiary/aromatic N) is 4. The molecule has 0 bridgehead atoms. The SMILES string of the molecule is CON=C1C=C(Nc2ncc(F)c(NC3=CC(=NOC)CC=C3)n2)C=CC1. The first-order valence-electron chi connectivity index (χ1n) is 8.21. The number of rotatable bonds is 6. The standard InChI is InChI=1S/C18H19FN6O2/c1-26-24-14-7-3-5-12(9-14)21-17-16(19)11-20-18(23-17)22-13-6-4-8-15(10-13)25-27-2/h3-6,9-11H,7-8H2,1-2H3,(H2,20,21,22,23). The van der Waals surface area contributed by atoms with Crippen LogP contribution in [-0.4, -0.2) is 35.6 Å². The second-order valence-electron chi connectivity index (χ2n) is 5.58. The van der Waals surface area contributed by atoms with Crippen molar-refractivity contribution < 1.29 is 14.1 Å².